The molecule has 162 valence electrons. The molecule has 30 heavy (non-hydrogen) atoms. The van der Waals surface area contributed by atoms with Gasteiger partial charge in [-0.1, -0.05) is 12.1 Å². The quantitative estimate of drug-likeness (QED) is 0.740. The molecule has 1 aliphatic carbocycles. The average Bonchev–Trinajstić information content (AvgIpc) is 3.03. The fourth-order valence-electron chi connectivity index (χ4n) is 4.90. The second kappa shape index (κ2) is 8.56. The van der Waals surface area contributed by atoms with Gasteiger partial charge in [0.1, 0.15) is 5.78 Å². The minimum atomic E-state index is -1.14. The number of Topliss-reactive ketones (excluding diaryl/α,β-unsaturated/α-hetero) is 1. The zero-order chi connectivity index (χ0) is 22.1. The molecule has 4 atom stereocenters. The maximum atomic E-state index is 12.7. The second-order valence-corrected chi connectivity index (χ2v) is 8.01. The molecule has 1 fully saturated rings. The van der Waals surface area contributed by atoms with Crippen molar-refractivity contribution in [2.24, 2.45) is 5.92 Å². The van der Waals surface area contributed by atoms with Crippen LogP contribution in [-0.2, 0) is 4.79 Å². The van der Waals surface area contributed by atoms with Crippen LogP contribution in [0.25, 0.3) is 0 Å². The van der Waals surface area contributed by atoms with Crippen LogP contribution >= 0.6 is 0 Å². The van der Waals surface area contributed by atoms with Crippen molar-refractivity contribution in [1.29, 1.82) is 0 Å². The largest absolute Gasteiger partial charge is 0.493 e. The Morgan fingerprint density at radius 3 is 1.80 bits per heavy atom. The molecular formula is C24H30O6. The lowest BCUT2D eigenvalue weighted by Crippen LogP contribution is -2.36. The summed E-state index contributed by atoms with van der Waals surface area (Å²) in [4.78, 5) is 12.7. The molecule has 0 saturated heterocycles. The van der Waals surface area contributed by atoms with E-state index in [4.69, 9.17) is 18.9 Å². The molecule has 6 nitrogen and oxygen atoms in total. The van der Waals surface area contributed by atoms with Crippen molar-refractivity contribution in [3.05, 3.63) is 47.5 Å². The Hall–Kier alpha value is -2.73. The average molecular weight is 414 g/mol. The molecule has 2 aromatic carbocycles. The highest BCUT2D eigenvalue weighted by atomic mass is 16.5. The summed E-state index contributed by atoms with van der Waals surface area (Å²) >= 11 is 0. The van der Waals surface area contributed by atoms with E-state index >= 15 is 0 Å². The van der Waals surface area contributed by atoms with Gasteiger partial charge in [-0.05, 0) is 61.6 Å². The van der Waals surface area contributed by atoms with Crippen LogP contribution in [0.2, 0.25) is 0 Å². The van der Waals surface area contributed by atoms with Gasteiger partial charge in [0.25, 0.3) is 0 Å². The predicted octanol–water partition coefficient (Wildman–Crippen LogP) is 3.95. The van der Waals surface area contributed by atoms with Gasteiger partial charge in [0.2, 0.25) is 0 Å². The first-order valence-electron chi connectivity index (χ1n) is 9.94. The molecule has 0 unspecified atom stereocenters. The summed E-state index contributed by atoms with van der Waals surface area (Å²) in [5.41, 5.74) is 0.767. The Morgan fingerprint density at radius 1 is 0.867 bits per heavy atom. The second-order valence-electron chi connectivity index (χ2n) is 8.01. The number of hydrogen-bond donors (Lipinski definition) is 1. The fourth-order valence-corrected chi connectivity index (χ4v) is 4.90. The lowest BCUT2D eigenvalue weighted by atomic mass is 9.77. The van der Waals surface area contributed by atoms with E-state index in [2.05, 4.69) is 0 Å². The van der Waals surface area contributed by atoms with Gasteiger partial charge in [0.05, 0.1) is 40.0 Å². The van der Waals surface area contributed by atoms with Gasteiger partial charge >= 0.3 is 0 Å². The number of rotatable bonds is 7. The van der Waals surface area contributed by atoms with Crippen LogP contribution in [0.3, 0.4) is 0 Å². The lowest BCUT2D eigenvalue weighted by molar-refractivity contribution is -0.127. The number of carbonyl (C=O) groups excluding carboxylic acids is 1. The third-order valence-corrected chi connectivity index (χ3v) is 6.16. The minimum Gasteiger partial charge on any atom is -0.493 e. The first-order valence-corrected chi connectivity index (χ1v) is 9.94. The number of ether oxygens (including phenoxy) is 4. The van der Waals surface area contributed by atoms with Crippen LogP contribution in [0.4, 0.5) is 0 Å². The summed E-state index contributed by atoms with van der Waals surface area (Å²) in [5, 5.41) is 11.2. The monoisotopic (exact) mass is 414 g/mol. The summed E-state index contributed by atoms with van der Waals surface area (Å²) in [5.74, 6) is 1.56. The van der Waals surface area contributed by atoms with Crippen molar-refractivity contribution < 1.29 is 28.8 Å². The molecule has 0 amide bonds. The van der Waals surface area contributed by atoms with Gasteiger partial charge < -0.3 is 24.1 Å². The number of hydrogen-bond acceptors (Lipinski definition) is 6. The third-order valence-electron chi connectivity index (χ3n) is 6.16. The predicted molar refractivity (Wildman–Crippen MR) is 114 cm³/mol. The number of ketones is 1. The minimum absolute atomic E-state index is 0.0391. The Balaban J connectivity index is 2.15. The zero-order valence-electron chi connectivity index (χ0n) is 18.4. The van der Waals surface area contributed by atoms with E-state index in [1.54, 1.807) is 42.3 Å². The smallest absolute Gasteiger partial charge is 0.160 e. The first-order chi connectivity index (χ1) is 14.3. The fraction of sp³-hybridized carbons (Fsp3) is 0.458. The molecule has 2 aromatic rings. The highest BCUT2D eigenvalue weighted by Crippen LogP contribution is 2.56. The first kappa shape index (κ1) is 22.0. The van der Waals surface area contributed by atoms with Crippen molar-refractivity contribution in [3.8, 4) is 23.0 Å². The van der Waals surface area contributed by atoms with E-state index in [0.717, 1.165) is 11.1 Å². The van der Waals surface area contributed by atoms with Crippen molar-refractivity contribution in [1.82, 2.24) is 0 Å². The standard InChI is InChI=1S/C24H30O6/c1-14(25)23-22(16-8-10-19(28-4)21(12-16)30-6)17(13-24(23,2)26)15-7-9-18(27-3)20(11-15)29-5/h7-12,17,22-23,26H,13H2,1-6H3/t17-,22-,23+,24+/m1/s1. The third kappa shape index (κ3) is 3.84. The molecule has 0 aliphatic heterocycles. The maximum absolute atomic E-state index is 12.7. The summed E-state index contributed by atoms with van der Waals surface area (Å²) in [7, 11) is 6.36. The molecule has 0 aromatic heterocycles. The summed E-state index contributed by atoms with van der Waals surface area (Å²) in [6, 6.07) is 11.4. The van der Waals surface area contributed by atoms with Crippen LogP contribution in [-0.4, -0.2) is 44.9 Å². The Kier molecular flexibility index (Phi) is 6.27. The molecular weight excluding hydrogens is 384 g/mol. The normalized spacial score (nSPS) is 25.6. The van der Waals surface area contributed by atoms with Gasteiger partial charge in [0.15, 0.2) is 23.0 Å². The topological polar surface area (TPSA) is 74.2 Å². The van der Waals surface area contributed by atoms with Crippen LogP contribution in [0.1, 0.15) is 43.2 Å². The van der Waals surface area contributed by atoms with E-state index in [1.165, 1.54) is 0 Å². The van der Waals surface area contributed by atoms with Crippen LogP contribution in [0.5, 0.6) is 23.0 Å². The van der Waals surface area contributed by atoms with Gasteiger partial charge in [-0.2, -0.15) is 0 Å². The molecule has 0 radical (unpaired) electrons. The van der Waals surface area contributed by atoms with Crippen LogP contribution in [0, 0.1) is 5.92 Å². The highest BCUT2D eigenvalue weighted by Gasteiger charge is 2.53. The SMILES string of the molecule is COc1ccc([C@@H]2[C@@H](c3ccc(OC)c(OC)c3)C[C@](C)(O)[C@H]2C(C)=O)cc1OC. The molecule has 1 N–H and O–H groups in total. The van der Waals surface area contributed by atoms with Crippen molar-refractivity contribution in [2.75, 3.05) is 28.4 Å². The van der Waals surface area contributed by atoms with Crippen LogP contribution in [0.15, 0.2) is 36.4 Å². The molecule has 1 saturated carbocycles. The molecule has 3 rings (SSSR count). The number of aliphatic hydroxyl groups is 1. The molecule has 0 bridgehead atoms. The Morgan fingerprint density at radius 2 is 1.33 bits per heavy atom. The van der Waals surface area contributed by atoms with Gasteiger partial charge in [0, 0.05) is 5.92 Å². The summed E-state index contributed by atoms with van der Waals surface area (Å²) in [6.07, 6.45) is 0.450. The molecule has 6 heteroatoms. The van der Waals surface area contributed by atoms with Crippen molar-refractivity contribution >= 4 is 5.78 Å². The molecule has 0 spiro atoms. The van der Waals surface area contributed by atoms with Gasteiger partial charge in [-0.15, -0.1) is 0 Å². The van der Waals surface area contributed by atoms with Crippen molar-refractivity contribution in [2.45, 2.75) is 37.7 Å². The Labute approximate surface area is 177 Å². The zero-order valence-corrected chi connectivity index (χ0v) is 18.4. The highest BCUT2D eigenvalue weighted by molar-refractivity contribution is 5.81. The van der Waals surface area contributed by atoms with Gasteiger partial charge in [-0.25, -0.2) is 0 Å². The van der Waals surface area contributed by atoms with E-state index in [1.807, 2.05) is 36.4 Å². The van der Waals surface area contributed by atoms with Crippen molar-refractivity contribution in [3.63, 3.8) is 0 Å². The van der Waals surface area contributed by atoms with Crippen LogP contribution < -0.4 is 18.9 Å². The molecule has 0 heterocycles. The Bertz CT molecular complexity index is 920. The molecule has 1 aliphatic rings. The maximum Gasteiger partial charge on any atom is 0.160 e. The van der Waals surface area contributed by atoms with E-state index in [9.17, 15) is 9.90 Å². The summed E-state index contributed by atoms with van der Waals surface area (Å²) in [6.45, 7) is 3.29. The summed E-state index contributed by atoms with van der Waals surface area (Å²) < 4.78 is 21.7. The van der Waals surface area contributed by atoms with E-state index < -0.39 is 11.5 Å². The lowest BCUT2D eigenvalue weighted by Gasteiger charge is -2.28. The van der Waals surface area contributed by atoms with Gasteiger partial charge in [-0.3, -0.25) is 4.79 Å². The number of methoxy groups -OCH3 is 4. The number of benzene rings is 2. The number of carbonyl (C=O) groups is 1. The van der Waals surface area contributed by atoms with E-state index in [-0.39, 0.29) is 17.6 Å². The van der Waals surface area contributed by atoms with E-state index in [0.29, 0.717) is 29.4 Å².